The number of hydrogen-bond donors (Lipinski definition) is 1. The molecule has 4 aromatic carbocycles. The van der Waals surface area contributed by atoms with Crippen molar-refractivity contribution in [3.05, 3.63) is 90.0 Å². The second-order valence-corrected chi connectivity index (χ2v) is 13.0. The van der Waals surface area contributed by atoms with E-state index in [1.807, 2.05) is 0 Å². The van der Waals surface area contributed by atoms with Gasteiger partial charge in [-0.25, -0.2) is 4.99 Å². The first kappa shape index (κ1) is 28.4. The maximum atomic E-state index is 5.17. The summed E-state index contributed by atoms with van der Waals surface area (Å²) in [5.41, 5.74) is 8.77. The molecule has 0 bridgehead atoms. The Bertz CT molecular complexity index is 2070. The number of aryl methyl sites for hydroxylation is 2. The summed E-state index contributed by atoms with van der Waals surface area (Å²) in [6.45, 7) is 13.3. The predicted octanol–water partition coefficient (Wildman–Crippen LogP) is 9.64. The van der Waals surface area contributed by atoms with Gasteiger partial charge in [-0.2, -0.15) is 4.99 Å². The molecular formula is C39H43N5. The number of aromatic nitrogens is 2. The maximum absolute atomic E-state index is 5.17. The molecule has 1 aliphatic heterocycles. The standard InChI is InChI=1S/C39H43N5/c1-7-12-26-16-18-29-31-23-36-32(22-35(31)43(33(29)20-26)28-14-10-9-11-15-28)30-19-17-27(13-8-2)21-34(30)44(36)39-41-37(24(3)4)40-38(42-39)25(5)6/h9-11,14-25,37H,7-8,12-13H2,1-6H3,(H,40,41,42). The molecule has 5 nitrogen and oxygen atoms in total. The lowest BCUT2D eigenvalue weighted by atomic mass is 10.0. The predicted molar refractivity (Wildman–Crippen MR) is 189 cm³/mol. The van der Waals surface area contributed by atoms with E-state index in [1.165, 1.54) is 60.4 Å². The van der Waals surface area contributed by atoms with Crippen molar-refractivity contribution in [2.45, 2.75) is 73.4 Å². The van der Waals surface area contributed by atoms with E-state index in [-0.39, 0.29) is 12.1 Å². The number of rotatable bonds is 7. The molecule has 1 atom stereocenters. The topological polar surface area (TPSA) is 46.6 Å². The van der Waals surface area contributed by atoms with Crippen LogP contribution in [0.2, 0.25) is 0 Å². The Morgan fingerprint density at radius 2 is 1.20 bits per heavy atom. The Morgan fingerprint density at radius 3 is 1.75 bits per heavy atom. The van der Waals surface area contributed by atoms with Gasteiger partial charge in [0, 0.05) is 33.2 Å². The van der Waals surface area contributed by atoms with Crippen LogP contribution in [0.3, 0.4) is 0 Å². The highest BCUT2D eigenvalue weighted by Gasteiger charge is 2.26. The molecule has 0 aliphatic carbocycles. The SMILES string of the molecule is CCCc1ccc2c3cc4c(cc3n(C3=NC(C(C)C)=NC(C(C)C)N3)c2c1)c1ccc(CCC)cc1n4-c1ccccc1. The fourth-order valence-electron chi connectivity index (χ4n) is 6.77. The summed E-state index contributed by atoms with van der Waals surface area (Å²) in [7, 11) is 0. The summed E-state index contributed by atoms with van der Waals surface area (Å²) in [5.74, 6) is 2.35. The van der Waals surface area contributed by atoms with E-state index in [4.69, 9.17) is 9.98 Å². The normalized spacial score (nSPS) is 15.6. The molecule has 0 fully saturated rings. The maximum Gasteiger partial charge on any atom is 0.211 e. The van der Waals surface area contributed by atoms with Gasteiger partial charge in [-0.05, 0) is 66.3 Å². The Balaban J connectivity index is 1.59. The van der Waals surface area contributed by atoms with Crippen LogP contribution in [0, 0.1) is 11.8 Å². The van der Waals surface area contributed by atoms with E-state index in [1.54, 1.807) is 0 Å². The summed E-state index contributed by atoms with van der Waals surface area (Å²) < 4.78 is 4.82. The Hall–Kier alpha value is -4.38. The van der Waals surface area contributed by atoms with Crippen LogP contribution in [0.1, 0.15) is 65.5 Å². The third-order valence-corrected chi connectivity index (χ3v) is 9.00. The lowest BCUT2D eigenvalue weighted by molar-refractivity contribution is 0.459. The van der Waals surface area contributed by atoms with Crippen molar-refractivity contribution in [2.75, 3.05) is 0 Å². The number of amidine groups is 1. The number of benzene rings is 4. The molecule has 0 amide bonds. The molecule has 0 saturated carbocycles. The van der Waals surface area contributed by atoms with Crippen LogP contribution in [0.25, 0.3) is 49.3 Å². The lowest BCUT2D eigenvalue weighted by Gasteiger charge is -2.27. The van der Waals surface area contributed by atoms with Gasteiger partial charge in [0.1, 0.15) is 12.0 Å². The van der Waals surface area contributed by atoms with E-state index >= 15 is 0 Å². The molecule has 0 spiro atoms. The minimum atomic E-state index is -0.0214. The van der Waals surface area contributed by atoms with Crippen molar-refractivity contribution in [2.24, 2.45) is 21.8 Å². The van der Waals surface area contributed by atoms with Gasteiger partial charge in [0.25, 0.3) is 0 Å². The van der Waals surface area contributed by atoms with E-state index < -0.39 is 0 Å². The van der Waals surface area contributed by atoms with Crippen molar-refractivity contribution in [3.63, 3.8) is 0 Å². The summed E-state index contributed by atoms with van der Waals surface area (Å²) in [6, 6.07) is 29.6. The molecule has 1 unspecified atom stereocenters. The second-order valence-electron chi connectivity index (χ2n) is 13.0. The van der Waals surface area contributed by atoms with E-state index in [2.05, 4.69) is 135 Å². The van der Waals surface area contributed by atoms with Gasteiger partial charge in [-0.1, -0.05) is 96.8 Å². The van der Waals surface area contributed by atoms with Crippen LogP contribution in [-0.2, 0) is 12.8 Å². The zero-order chi connectivity index (χ0) is 30.5. The molecule has 1 aliphatic rings. The van der Waals surface area contributed by atoms with Gasteiger partial charge in [0.15, 0.2) is 0 Å². The number of nitrogens with one attached hydrogen (secondary N) is 1. The Kier molecular flexibility index (Phi) is 7.28. The van der Waals surface area contributed by atoms with Crippen molar-refractivity contribution in [1.29, 1.82) is 0 Å². The molecule has 5 heteroatoms. The van der Waals surface area contributed by atoms with Crippen LogP contribution >= 0.6 is 0 Å². The first-order valence-electron chi connectivity index (χ1n) is 16.4. The van der Waals surface area contributed by atoms with Gasteiger partial charge in [-0.3, -0.25) is 4.57 Å². The highest BCUT2D eigenvalue weighted by molar-refractivity contribution is 6.21. The fraction of sp³-hybridized carbons (Fsp3) is 0.333. The largest absolute Gasteiger partial charge is 0.333 e. The molecule has 3 heterocycles. The fourth-order valence-corrected chi connectivity index (χ4v) is 6.77. The van der Waals surface area contributed by atoms with Crippen molar-refractivity contribution in [3.8, 4) is 5.69 Å². The molecule has 6 aromatic rings. The molecule has 224 valence electrons. The van der Waals surface area contributed by atoms with Crippen LogP contribution < -0.4 is 5.32 Å². The second kappa shape index (κ2) is 11.3. The number of fused-ring (bicyclic) bond motifs is 6. The number of nitrogens with zero attached hydrogens (tertiary/aromatic N) is 4. The smallest absolute Gasteiger partial charge is 0.211 e. The first-order valence-corrected chi connectivity index (χ1v) is 16.4. The van der Waals surface area contributed by atoms with Crippen molar-refractivity contribution in [1.82, 2.24) is 14.5 Å². The minimum absolute atomic E-state index is 0.0214. The third kappa shape index (κ3) is 4.70. The van der Waals surface area contributed by atoms with E-state index in [9.17, 15) is 0 Å². The van der Waals surface area contributed by atoms with Crippen LogP contribution in [-0.4, -0.2) is 27.1 Å². The van der Waals surface area contributed by atoms with Crippen molar-refractivity contribution >= 4 is 55.4 Å². The Labute approximate surface area is 260 Å². The summed E-state index contributed by atoms with van der Waals surface area (Å²) in [4.78, 5) is 10.2. The quantitative estimate of drug-likeness (QED) is 0.200. The lowest BCUT2D eigenvalue weighted by Crippen LogP contribution is -2.45. The minimum Gasteiger partial charge on any atom is -0.333 e. The summed E-state index contributed by atoms with van der Waals surface area (Å²) >= 11 is 0. The van der Waals surface area contributed by atoms with Crippen molar-refractivity contribution < 1.29 is 0 Å². The van der Waals surface area contributed by atoms with Gasteiger partial charge >= 0.3 is 0 Å². The average molecular weight is 582 g/mol. The highest BCUT2D eigenvalue weighted by Crippen LogP contribution is 2.39. The molecule has 2 aromatic heterocycles. The van der Waals surface area contributed by atoms with E-state index in [0.29, 0.717) is 5.92 Å². The molecule has 1 N–H and O–H groups in total. The van der Waals surface area contributed by atoms with Gasteiger partial charge in [-0.15, -0.1) is 0 Å². The third-order valence-electron chi connectivity index (χ3n) is 9.00. The van der Waals surface area contributed by atoms with Crippen LogP contribution in [0.15, 0.2) is 88.8 Å². The summed E-state index contributed by atoms with van der Waals surface area (Å²) in [6.07, 6.45) is 4.35. The van der Waals surface area contributed by atoms with Gasteiger partial charge in [0.2, 0.25) is 5.96 Å². The highest BCUT2D eigenvalue weighted by atomic mass is 15.3. The molecule has 0 saturated heterocycles. The molecular weight excluding hydrogens is 538 g/mol. The number of para-hydroxylation sites is 1. The zero-order valence-corrected chi connectivity index (χ0v) is 26.9. The monoisotopic (exact) mass is 581 g/mol. The molecule has 7 rings (SSSR count). The number of hydrogen-bond acceptors (Lipinski definition) is 3. The molecule has 44 heavy (non-hydrogen) atoms. The number of aliphatic imine (C=N–C) groups is 2. The first-order chi connectivity index (χ1) is 21.4. The van der Waals surface area contributed by atoms with Gasteiger partial charge < -0.3 is 9.88 Å². The average Bonchev–Trinajstić information content (AvgIpc) is 3.51. The molecule has 0 radical (unpaired) electrons. The van der Waals surface area contributed by atoms with E-state index in [0.717, 1.165) is 37.5 Å². The van der Waals surface area contributed by atoms with Crippen LogP contribution in [0.4, 0.5) is 0 Å². The van der Waals surface area contributed by atoms with Crippen LogP contribution in [0.5, 0.6) is 0 Å². The zero-order valence-electron chi connectivity index (χ0n) is 26.9. The Morgan fingerprint density at radius 1 is 0.659 bits per heavy atom. The van der Waals surface area contributed by atoms with Gasteiger partial charge in [0.05, 0.1) is 22.1 Å². The summed E-state index contributed by atoms with van der Waals surface area (Å²) in [5, 5.41) is 8.75.